The van der Waals surface area contributed by atoms with Gasteiger partial charge in [-0.25, -0.2) is 4.98 Å². The fraction of sp³-hybridized carbons (Fsp3) is 0.353. The molecule has 0 saturated heterocycles. The summed E-state index contributed by atoms with van der Waals surface area (Å²) < 4.78 is 5.86. The summed E-state index contributed by atoms with van der Waals surface area (Å²) in [5, 5.41) is 0. The number of ether oxygens (including phenoxy) is 1. The van der Waals surface area contributed by atoms with Crippen molar-refractivity contribution in [3.63, 3.8) is 0 Å². The predicted molar refractivity (Wildman–Crippen MR) is 82.1 cm³/mol. The fourth-order valence-corrected chi connectivity index (χ4v) is 2.11. The van der Waals surface area contributed by atoms with Crippen LogP contribution in [0.2, 0.25) is 0 Å². The number of pyridine rings is 1. The summed E-state index contributed by atoms with van der Waals surface area (Å²) >= 11 is 0. The molecular formula is C17H22N2O. The van der Waals surface area contributed by atoms with E-state index in [1.807, 2.05) is 25.1 Å². The normalized spacial score (nSPS) is 12.2. The van der Waals surface area contributed by atoms with Crippen LogP contribution in [0.4, 0.5) is 0 Å². The number of aromatic nitrogens is 1. The molecule has 2 N–H and O–H groups in total. The summed E-state index contributed by atoms with van der Waals surface area (Å²) in [7, 11) is 0. The van der Waals surface area contributed by atoms with Crippen molar-refractivity contribution in [2.24, 2.45) is 5.73 Å². The Kier molecular flexibility index (Phi) is 4.74. The number of rotatable bonds is 5. The number of aryl methyl sites for hydroxylation is 1. The quantitative estimate of drug-likeness (QED) is 0.887. The number of hydrogen-bond acceptors (Lipinski definition) is 3. The van der Waals surface area contributed by atoms with Gasteiger partial charge in [-0.05, 0) is 48.6 Å². The van der Waals surface area contributed by atoms with Crippen LogP contribution in [0.15, 0.2) is 36.5 Å². The molecule has 1 heterocycles. The third kappa shape index (κ3) is 3.17. The molecule has 1 aromatic heterocycles. The fourth-order valence-electron chi connectivity index (χ4n) is 2.11. The molecule has 0 fully saturated rings. The smallest absolute Gasteiger partial charge is 0.223 e. The lowest BCUT2D eigenvalue weighted by atomic mass is 9.99. The van der Waals surface area contributed by atoms with E-state index in [4.69, 9.17) is 10.5 Å². The van der Waals surface area contributed by atoms with Crippen molar-refractivity contribution < 1.29 is 4.74 Å². The number of benzene rings is 1. The third-order valence-electron chi connectivity index (χ3n) is 3.73. The molecule has 0 amide bonds. The Morgan fingerprint density at radius 2 is 1.90 bits per heavy atom. The Labute approximate surface area is 120 Å². The molecular weight excluding hydrogens is 248 g/mol. The lowest BCUT2D eigenvalue weighted by Crippen LogP contribution is -2.03. The van der Waals surface area contributed by atoms with Crippen LogP contribution in [0.1, 0.15) is 42.9 Å². The maximum atomic E-state index is 5.86. The van der Waals surface area contributed by atoms with Crippen LogP contribution in [0.5, 0.6) is 11.6 Å². The summed E-state index contributed by atoms with van der Waals surface area (Å²) in [5.74, 6) is 1.97. The Bertz CT molecular complexity index is 564. The van der Waals surface area contributed by atoms with Gasteiger partial charge in [-0.3, -0.25) is 0 Å². The Morgan fingerprint density at radius 3 is 2.50 bits per heavy atom. The molecule has 0 radical (unpaired) electrons. The Hall–Kier alpha value is -1.87. The summed E-state index contributed by atoms with van der Waals surface area (Å²) in [6.45, 7) is 6.87. The minimum atomic E-state index is 0.431. The van der Waals surface area contributed by atoms with Crippen LogP contribution in [0.3, 0.4) is 0 Å². The molecule has 1 aromatic carbocycles. The van der Waals surface area contributed by atoms with Crippen LogP contribution < -0.4 is 10.5 Å². The molecule has 1 atom stereocenters. The average Bonchev–Trinajstić information content (AvgIpc) is 2.47. The standard InChI is InChI=1S/C17H22N2O/c1-4-12(2)14-5-7-15(8-6-14)20-17-16(11-18)13(3)9-10-19-17/h5-10,12H,4,11,18H2,1-3H3. The van der Waals surface area contributed by atoms with Gasteiger partial charge >= 0.3 is 0 Å². The van der Waals surface area contributed by atoms with Gasteiger partial charge in [0.1, 0.15) is 5.75 Å². The van der Waals surface area contributed by atoms with Gasteiger partial charge in [0.05, 0.1) is 0 Å². The van der Waals surface area contributed by atoms with Crippen LogP contribution in [-0.4, -0.2) is 4.98 Å². The van der Waals surface area contributed by atoms with E-state index in [1.165, 1.54) is 5.56 Å². The molecule has 106 valence electrons. The van der Waals surface area contributed by atoms with Crippen molar-refractivity contribution in [3.8, 4) is 11.6 Å². The van der Waals surface area contributed by atoms with Crippen LogP contribution in [0.25, 0.3) is 0 Å². The van der Waals surface area contributed by atoms with Gasteiger partial charge in [-0.1, -0.05) is 26.0 Å². The van der Waals surface area contributed by atoms with Crippen LogP contribution in [0, 0.1) is 6.92 Å². The number of nitrogens with zero attached hydrogens (tertiary/aromatic N) is 1. The van der Waals surface area contributed by atoms with Crippen molar-refractivity contribution in [1.29, 1.82) is 0 Å². The van der Waals surface area contributed by atoms with E-state index in [0.717, 1.165) is 23.3 Å². The van der Waals surface area contributed by atoms with Gasteiger partial charge in [-0.2, -0.15) is 0 Å². The summed E-state index contributed by atoms with van der Waals surface area (Å²) in [6, 6.07) is 10.2. The number of hydrogen-bond donors (Lipinski definition) is 1. The first-order valence-corrected chi connectivity index (χ1v) is 7.08. The van der Waals surface area contributed by atoms with E-state index >= 15 is 0 Å². The summed E-state index contributed by atoms with van der Waals surface area (Å²) in [4.78, 5) is 4.28. The Balaban J connectivity index is 2.20. The highest BCUT2D eigenvalue weighted by Crippen LogP contribution is 2.27. The van der Waals surface area contributed by atoms with Gasteiger partial charge in [-0.15, -0.1) is 0 Å². The van der Waals surface area contributed by atoms with Gasteiger partial charge in [0, 0.05) is 18.3 Å². The predicted octanol–water partition coefficient (Wildman–Crippen LogP) is 4.15. The zero-order valence-electron chi connectivity index (χ0n) is 12.4. The highest BCUT2D eigenvalue weighted by Gasteiger charge is 2.08. The molecule has 0 aliphatic heterocycles. The van der Waals surface area contributed by atoms with E-state index in [-0.39, 0.29) is 0 Å². The molecule has 3 heteroatoms. The highest BCUT2D eigenvalue weighted by atomic mass is 16.5. The summed E-state index contributed by atoms with van der Waals surface area (Å²) in [6.07, 6.45) is 2.88. The Morgan fingerprint density at radius 1 is 1.20 bits per heavy atom. The largest absolute Gasteiger partial charge is 0.439 e. The molecule has 2 aromatic rings. The second-order valence-corrected chi connectivity index (χ2v) is 5.10. The first-order valence-electron chi connectivity index (χ1n) is 7.08. The lowest BCUT2D eigenvalue weighted by Gasteiger charge is -2.12. The van der Waals surface area contributed by atoms with E-state index in [0.29, 0.717) is 18.3 Å². The minimum absolute atomic E-state index is 0.431. The van der Waals surface area contributed by atoms with E-state index in [1.54, 1.807) is 6.20 Å². The zero-order valence-corrected chi connectivity index (χ0v) is 12.4. The van der Waals surface area contributed by atoms with E-state index in [9.17, 15) is 0 Å². The van der Waals surface area contributed by atoms with Gasteiger partial charge < -0.3 is 10.5 Å². The van der Waals surface area contributed by atoms with Crippen molar-refractivity contribution in [2.75, 3.05) is 0 Å². The summed E-state index contributed by atoms with van der Waals surface area (Å²) in [5.41, 5.74) is 9.16. The van der Waals surface area contributed by atoms with Gasteiger partial charge in [0.15, 0.2) is 0 Å². The van der Waals surface area contributed by atoms with Crippen LogP contribution in [-0.2, 0) is 6.54 Å². The van der Waals surface area contributed by atoms with Crippen molar-refractivity contribution in [2.45, 2.75) is 39.7 Å². The van der Waals surface area contributed by atoms with E-state index < -0.39 is 0 Å². The van der Waals surface area contributed by atoms with Crippen molar-refractivity contribution >= 4 is 0 Å². The third-order valence-corrected chi connectivity index (χ3v) is 3.73. The molecule has 2 rings (SSSR count). The molecule has 0 spiro atoms. The molecule has 1 unspecified atom stereocenters. The monoisotopic (exact) mass is 270 g/mol. The van der Waals surface area contributed by atoms with Gasteiger partial charge in [0.25, 0.3) is 0 Å². The zero-order chi connectivity index (χ0) is 14.5. The first-order chi connectivity index (χ1) is 9.65. The van der Waals surface area contributed by atoms with Crippen molar-refractivity contribution in [3.05, 3.63) is 53.2 Å². The molecule has 0 bridgehead atoms. The minimum Gasteiger partial charge on any atom is -0.439 e. The highest BCUT2D eigenvalue weighted by molar-refractivity contribution is 5.38. The second-order valence-electron chi connectivity index (χ2n) is 5.10. The maximum absolute atomic E-state index is 5.86. The van der Waals surface area contributed by atoms with Gasteiger partial charge in [0.2, 0.25) is 5.88 Å². The molecule has 0 saturated carbocycles. The maximum Gasteiger partial charge on any atom is 0.223 e. The van der Waals surface area contributed by atoms with Crippen LogP contribution >= 0.6 is 0 Å². The molecule has 0 aliphatic carbocycles. The molecule has 0 aliphatic rings. The van der Waals surface area contributed by atoms with E-state index in [2.05, 4.69) is 31.0 Å². The van der Waals surface area contributed by atoms with Crippen molar-refractivity contribution in [1.82, 2.24) is 4.98 Å². The molecule has 3 nitrogen and oxygen atoms in total. The number of nitrogens with two attached hydrogens (primary N) is 1. The SMILES string of the molecule is CCC(C)c1ccc(Oc2nccc(C)c2CN)cc1. The lowest BCUT2D eigenvalue weighted by molar-refractivity contribution is 0.455. The molecule has 20 heavy (non-hydrogen) atoms. The second kappa shape index (κ2) is 6.53. The topological polar surface area (TPSA) is 48.1 Å². The first kappa shape index (κ1) is 14.5. The average molecular weight is 270 g/mol.